The molecule has 1 atom stereocenters. The average molecular weight is 462 g/mol. The first-order chi connectivity index (χ1) is 16.4. The van der Waals surface area contributed by atoms with Crippen LogP contribution in [0.15, 0.2) is 53.3 Å². The Hall–Kier alpha value is -4.01. The van der Waals surface area contributed by atoms with Crippen molar-refractivity contribution in [2.75, 3.05) is 6.54 Å². The summed E-state index contributed by atoms with van der Waals surface area (Å²) in [5.41, 5.74) is 6.69. The molecule has 176 valence electrons. The van der Waals surface area contributed by atoms with Crippen LogP contribution in [0.5, 0.6) is 0 Å². The van der Waals surface area contributed by atoms with Gasteiger partial charge in [-0.3, -0.25) is 30.0 Å². The van der Waals surface area contributed by atoms with Crippen molar-refractivity contribution >= 4 is 28.5 Å². The lowest BCUT2D eigenvalue weighted by Crippen LogP contribution is -2.46. The lowest BCUT2D eigenvalue weighted by atomic mass is 9.90. The highest BCUT2D eigenvalue weighted by Crippen LogP contribution is 2.32. The molecular formula is C25H27N5O4. The Morgan fingerprint density at radius 1 is 1.03 bits per heavy atom. The van der Waals surface area contributed by atoms with Crippen LogP contribution in [0.1, 0.15) is 54.3 Å². The van der Waals surface area contributed by atoms with Crippen molar-refractivity contribution in [1.82, 2.24) is 25.5 Å². The lowest BCUT2D eigenvalue weighted by Gasteiger charge is -2.36. The summed E-state index contributed by atoms with van der Waals surface area (Å²) in [5, 5.41) is 5.04. The molecule has 0 bridgehead atoms. The number of carbonyl (C=O) groups is 3. The molecule has 1 aliphatic rings. The molecule has 1 aliphatic heterocycles. The summed E-state index contributed by atoms with van der Waals surface area (Å²) in [6.07, 6.45) is 1.41. The molecule has 0 aliphatic carbocycles. The zero-order valence-electron chi connectivity index (χ0n) is 19.2. The summed E-state index contributed by atoms with van der Waals surface area (Å²) >= 11 is 0. The summed E-state index contributed by atoms with van der Waals surface area (Å²) in [6, 6.07) is 14.1. The Bertz CT molecular complexity index is 1320. The van der Waals surface area contributed by atoms with Gasteiger partial charge in [0.25, 0.3) is 11.5 Å². The monoisotopic (exact) mass is 461 g/mol. The molecule has 3 aromatic rings. The minimum absolute atomic E-state index is 0.000379. The maximum Gasteiger partial charge on any atom is 0.290 e. The molecule has 1 aromatic heterocycles. The molecule has 9 heteroatoms. The molecule has 0 radical (unpaired) electrons. The van der Waals surface area contributed by atoms with Gasteiger partial charge in [-0.2, -0.15) is 5.10 Å². The average Bonchev–Trinajstić information content (AvgIpc) is 2.84. The van der Waals surface area contributed by atoms with E-state index in [0.717, 1.165) is 17.5 Å². The fourth-order valence-electron chi connectivity index (χ4n) is 4.43. The number of rotatable bonds is 5. The Balaban J connectivity index is 1.52. The van der Waals surface area contributed by atoms with E-state index < -0.39 is 17.9 Å². The SMILES string of the molecule is CCCn1nc(C(=O)NNC(=O)CC2c3ccccc3CCN2C(C)=O)c2ccccc2c1=O. The van der Waals surface area contributed by atoms with Crippen LogP contribution >= 0.6 is 0 Å². The minimum atomic E-state index is -0.623. The van der Waals surface area contributed by atoms with Gasteiger partial charge < -0.3 is 4.90 Å². The van der Waals surface area contributed by atoms with E-state index >= 15 is 0 Å². The third-order valence-electron chi connectivity index (χ3n) is 6.03. The first kappa shape index (κ1) is 23.2. The van der Waals surface area contributed by atoms with Crippen molar-refractivity contribution in [2.24, 2.45) is 0 Å². The van der Waals surface area contributed by atoms with E-state index in [2.05, 4.69) is 16.0 Å². The minimum Gasteiger partial charge on any atom is -0.335 e. The fourth-order valence-corrected chi connectivity index (χ4v) is 4.43. The summed E-state index contributed by atoms with van der Waals surface area (Å²) in [5.74, 6) is -1.17. The Labute approximate surface area is 196 Å². The number of hydrazine groups is 1. The molecule has 34 heavy (non-hydrogen) atoms. The number of aryl methyl sites for hydroxylation is 1. The summed E-state index contributed by atoms with van der Waals surface area (Å²) < 4.78 is 1.27. The molecule has 2 aromatic carbocycles. The Morgan fingerprint density at radius 3 is 2.47 bits per heavy atom. The van der Waals surface area contributed by atoms with E-state index in [1.54, 1.807) is 29.2 Å². The van der Waals surface area contributed by atoms with Crippen LogP contribution in [0.4, 0.5) is 0 Å². The van der Waals surface area contributed by atoms with Crippen LogP contribution in [0.25, 0.3) is 10.8 Å². The largest absolute Gasteiger partial charge is 0.335 e. The van der Waals surface area contributed by atoms with Crippen LogP contribution in [-0.4, -0.2) is 38.9 Å². The number of hydrogen-bond donors (Lipinski definition) is 2. The number of nitrogens with one attached hydrogen (secondary N) is 2. The maximum atomic E-state index is 12.9. The van der Waals surface area contributed by atoms with Gasteiger partial charge in [-0.15, -0.1) is 0 Å². The highest BCUT2D eigenvalue weighted by Gasteiger charge is 2.30. The number of carbonyl (C=O) groups excluding carboxylic acids is 3. The van der Waals surface area contributed by atoms with Gasteiger partial charge in [-0.05, 0) is 30.0 Å². The second-order valence-corrected chi connectivity index (χ2v) is 8.31. The number of aromatic nitrogens is 2. The van der Waals surface area contributed by atoms with E-state index in [1.165, 1.54) is 11.6 Å². The second kappa shape index (κ2) is 9.86. The smallest absolute Gasteiger partial charge is 0.290 e. The van der Waals surface area contributed by atoms with Gasteiger partial charge in [0.2, 0.25) is 11.8 Å². The first-order valence-electron chi connectivity index (χ1n) is 11.3. The number of benzene rings is 2. The van der Waals surface area contributed by atoms with Gasteiger partial charge in [-0.25, -0.2) is 4.68 Å². The first-order valence-corrected chi connectivity index (χ1v) is 11.3. The van der Waals surface area contributed by atoms with Crippen LogP contribution in [0, 0.1) is 0 Å². The van der Waals surface area contributed by atoms with Crippen LogP contribution in [0.2, 0.25) is 0 Å². The van der Waals surface area contributed by atoms with Gasteiger partial charge in [0.1, 0.15) is 0 Å². The molecule has 1 unspecified atom stereocenters. The van der Waals surface area contributed by atoms with E-state index in [4.69, 9.17) is 0 Å². The summed E-state index contributed by atoms with van der Waals surface area (Å²) in [7, 11) is 0. The number of fused-ring (bicyclic) bond motifs is 2. The zero-order valence-corrected chi connectivity index (χ0v) is 19.2. The molecule has 2 N–H and O–H groups in total. The van der Waals surface area contributed by atoms with Crippen molar-refractivity contribution in [1.29, 1.82) is 0 Å². The molecule has 3 amide bonds. The van der Waals surface area contributed by atoms with Crippen molar-refractivity contribution < 1.29 is 14.4 Å². The van der Waals surface area contributed by atoms with Crippen LogP contribution < -0.4 is 16.4 Å². The molecular weight excluding hydrogens is 434 g/mol. The maximum absolute atomic E-state index is 12.9. The molecule has 9 nitrogen and oxygen atoms in total. The highest BCUT2D eigenvalue weighted by molar-refractivity contribution is 6.05. The van der Waals surface area contributed by atoms with Gasteiger partial charge in [0, 0.05) is 25.4 Å². The van der Waals surface area contributed by atoms with Gasteiger partial charge in [0.15, 0.2) is 5.69 Å². The van der Waals surface area contributed by atoms with Gasteiger partial charge >= 0.3 is 0 Å². The Kier molecular flexibility index (Phi) is 6.72. The predicted octanol–water partition coefficient (Wildman–Crippen LogP) is 2.10. The van der Waals surface area contributed by atoms with E-state index in [1.807, 2.05) is 31.2 Å². The van der Waals surface area contributed by atoms with Crippen molar-refractivity contribution in [2.45, 2.75) is 45.7 Å². The predicted molar refractivity (Wildman–Crippen MR) is 127 cm³/mol. The van der Waals surface area contributed by atoms with Crippen LogP contribution in [0.3, 0.4) is 0 Å². The zero-order chi connectivity index (χ0) is 24.2. The number of nitrogens with zero attached hydrogens (tertiary/aromatic N) is 3. The van der Waals surface area contributed by atoms with Gasteiger partial charge in [0.05, 0.1) is 17.8 Å². The second-order valence-electron chi connectivity index (χ2n) is 8.31. The standard InChI is InChI=1S/C25H27N5O4/c1-3-13-30-25(34)20-11-7-6-10-19(20)23(28-30)24(33)27-26-22(32)15-21-18-9-5-4-8-17(18)12-14-29(21)16(2)31/h4-11,21H,3,12-15H2,1-2H3,(H,26,32)(H,27,33). The van der Waals surface area contributed by atoms with E-state index in [9.17, 15) is 19.2 Å². The van der Waals surface area contributed by atoms with Crippen molar-refractivity contribution in [3.8, 4) is 0 Å². The van der Waals surface area contributed by atoms with E-state index in [0.29, 0.717) is 30.3 Å². The summed E-state index contributed by atoms with van der Waals surface area (Å²) in [4.78, 5) is 52.2. The molecule has 0 fully saturated rings. The van der Waals surface area contributed by atoms with Crippen molar-refractivity contribution in [3.63, 3.8) is 0 Å². The van der Waals surface area contributed by atoms with Gasteiger partial charge in [-0.1, -0.05) is 49.4 Å². The molecule has 0 saturated heterocycles. The number of hydrogen-bond acceptors (Lipinski definition) is 5. The topological polar surface area (TPSA) is 113 Å². The molecule has 2 heterocycles. The molecule has 0 spiro atoms. The van der Waals surface area contributed by atoms with E-state index in [-0.39, 0.29) is 23.6 Å². The number of amides is 3. The third-order valence-corrected chi connectivity index (χ3v) is 6.03. The van der Waals surface area contributed by atoms with Crippen LogP contribution in [-0.2, 0) is 22.6 Å². The third kappa shape index (κ3) is 4.54. The molecule has 4 rings (SSSR count). The quantitative estimate of drug-likeness (QED) is 0.565. The fraction of sp³-hybridized carbons (Fsp3) is 0.320. The lowest BCUT2D eigenvalue weighted by molar-refractivity contribution is -0.133. The normalized spacial score (nSPS) is 15.0. The Morgan fingerprint density at radius 2 is 1.74 bits per heavy atom. The van der Waals surface area contributed by atoms with Crippen molar-refractivity contribution in [3.05, 3.63) is 75.7 Å². The molecule has 0 saturated carbocycles. The highest BCUT2D eigenvalue weighted by atomic mass is 16.2. The summed E-state index contributed by atoms with van der Waals surface area (Å²) in [6.45, 7) is 4.31.